The number of aliphatic hydroxyl groups excluding tert-OH is 1. The van der Waals surface area contributed by atoms with Crippen molar-refractivity contribution in [3.05, 3.63) is 0 Å². The molecule has 0 aromatic rings. The second-order valence-electron chi connectivity index (χ2n) is 1.22. The Morgan fingerprint density at radius 1 is 1.25 bits per heavy atom. The Kier molecular flexibility index (Phi) is 45.1. The number of hydrogen-bond acceptors (Lipinski definition) is 2. The largest absolute Gasteiger partial charge is 0.381 e. The van der Waals surface area contributed by atoms with Crippen LogP contribution in [0, 0.1) is 0 Å². The van der Waals surface area contributed by atoms with Crippen LogP contribution in [-0.4, -0.2) is 30.8 Å². The summed E-state index contributed by atoms with van der Waals surface area (Å²) < 4.78 is 0. The maximum Gasteiger partial charge on any atom is 0.0951 e. The molecule has 0 fully saturated rings. The third kappa shape index (κ3) is 27.9. The topological polar surface area (TPSA) is 23.5 Å². The van der Waals surface area contributed by atoms with Crippen LogP contribution in [0.4, 0.5) is 0 Å². The van der Waals surface area contributed by atoms with Crippen molar-refractivity contribution in [1.82, 2.24) is 4.90 Å². The van der Waals surface area contributed by atoms with Crippen LogP contribution in [0.15, 0.2) is 0 Å². The molecule has 8 heavy (non-hydrogen) atoms. The molecule has 0 bridgehead atoms. The van der Waals surface area contributed by atoms with E-state index in [-0.39, 0.29) is 48.6 Å². The molecule has 0 spiro atoms. The van der Waals surface area contributed by atoms with E-state index in [1.165, 1.54) is 0 Å². The molecule has 0 aromatic carbocycles. The van der Waals surface area contributed by atoms with Gasteiger partial charge in [-0.2, -0.15) is 0 Å². The summed E-state index contributed by atoms with van der Waals surface area (Å²) in [6, 6.07) is 0. The summed E-state index contributed by atoms with van der Waals surface area (Å²) in [6.45, 7) is 0.139. The minimum atomic E-state index is 0. The molecule has 0 amide bonds. The molecule has 2 nitrogen and oxygen atoms in total. The monoisotopic (exact) mass is 203 g/mol. The van der Waals surface area contributed by atoms with Gasteiger partial charge in [-0.15, -0.1) is 24.8 Å². The quantitative estimate of drug-likeness (QED) is 0.491. The zero-order valence-corrected chi connectivity index (χ0v) is 7.51. The van der Waals surface area contributed by atoms with Crippen molar-refractivity contribution < 1.29 is 22.2 Å². The average molecular weight is 204 g/mol. The van der Waals surface area contributed by atoms with Crippen LogP contribution >= 0.6 is 24.8 Å². The van der Waals surface area contributed by atoms with Crippen LogP contribution in [0.1, 0.15) is 0 Å². The van der Waals surface area contributed by atoms with E-state index < -0.39 is 0 Å². The fraction of sp³-hybridized carbons (Fsp3) is 1.00. The van der Waals surface area contributed by atoms with Gasteiger partial charge in [0.1, 0.15) is 0 Å². The summed E-state index contributed by atoms with van der Waals surface area (Å²) in [7, 11) is 3.61. The molecule has 5 heteroatoms. The molecule has 0 saturated carbocycles. The molecule has 0 aliphatic rings. The predicted molar refractivity (Wildman–Crippen MR) is 35.3 cm³/mol. The fourth-order valence-electron chi connectivity index (χ4n) is 0. The van der Waals surface area contributed by atoms with Crippen LogP contribution in [0.25, 0.3) is 0 Å². The maximum atomic E-state index is 8.07. The standard InChI is InChI=1S/C3H9NO.2ClH.Fe/c1-4(2)3-5;;;/h5H,3H2,1-2H3;2*1H;. The van der Waals surface area contributed by atoms with Gasteiger partial charge in [-0.05, 0) is 14.1 Å². The van der Waals surface area contributed by atoms with Gasteiger partial charge in [0, 0.05) is 17.1 Å². The third-order valence-corrected chi connectivity index (χ3v) is 0.283. The van der Waals surface area contributed by atoms with E-state index in [1.54, 1.807) is 19.0 Å². The Morgan fingerprint density at radius 2 is 1.38 bits per heavy atom. The molecular weight excluding hydrogens is 193 g/mol. The molecule has 56 valence electrons. The molecule has 0 unspecified atom stereocenters. The van der Waals surface area contributed by atoms with Crippen LogP contribution < -0.4 is 0 Å². The first-order chi connectivity index (χ1) is 2.27. The summed E-state index contributed by atoms with van der Waals surface area (Å²) >= 11 is 0. The van der Waals surface area contributed by atoms with Gasteiger partial charge in [-0.3, -0.25) is 4.90 Å². The van der Waals surface area contributed by atoms with Crippen molar-refractivity contribution in [1.29, 1.82) is 0 Å². The van der Waals surface area contributed by atoms with Crippen LogP contribution in [0.5, 0.6) is 0 Å². The summed E-state index contributed by atoms with van der Waals surface area (Å²) in [5.41, 5.74) is 0. The zero-order chi connectivity index (χ0) is 4.28. The summed E-state index contributed by atoms with van der Waals surface area (Å²) in [5, 5.41) is 8.07. The molecule has 0 aliphatic carbocycles. The summed E-state index contributed by atoms with van der Waals surface area (Å²) in [4.78, 5) is 1.68. The van der Waals surface area contributed by atoms with Gasteiger partial charge in [-0.1, -0.05) is 0 Å². The molecule has 0 radical (unpaired) electrons. The minimum Gasteiger partial charge on any atom is -0.381 e. The van der Waals surface area contributed by atoms with Crippen molar-refractivity contribution in [3.8, 4) is 0 Å². The third-order valence-electron chi connectivity index (χ3n) is 0.283. The van der Waals surface area contributed by atoms with Gasteiger partial charge in [0.15, 0.2) is 0 Å². The number of halogens is 2. The van der Waals surface area contributed by atoms with E-state index in [1.807, 2.05) is 0 Å². The zero-order valence-electron chi connectivity index (χ0n) is 4.77. The second-order valence-corrected chi connectivity index (χ2v) is 1.22. The van der Waals surface area contributed by atoms with Crippen molar-refractivity contribution in [2.75, 3.05) is 20.8 Å². The van der Waals surface area contributed by atoms with Gasteiger partial charge in [0.25, 0.3) is 0 Å². The first kappa shape index (κ1) is 23.0. The first-order valence-electron chi connectivity index (χ1n) is 1.53. The van der Waals surface area contributed by atoms with Gasteiger partial charge in [-0.25, -0.2) is 0 Å². The molecule has 0 rings (SSSR count). The van der Waals surface area contributed by atoms with E-state index in [0.29, 0.717) is 0 Å². The average Bonchev–Trinajstić information content (AvgIpc) is 1.38. The normalized spacial score (nSPS) is 6.00. The number of aliphatic hydroxyl groups is 1. The Bertz CT molecular complexity index is 31.2. The smallest absolute Gasteiger partial charge is 0.0951 e. The number of rotatable bonds is 1. The van der Waals surface area contributed by atoms with E-state index in [9.17, 15) is 0 Å². The Balaban J connectivity index is -0.0000000267. The predicted octanol–water partition coefficient (Wildman–Crippen LogP) is 0.339. The van der Waals surface area contributed by atoms with Crippen molar-refractivity contribution in [2.45, 2.75) is 0 Å². The second kappa shape index (κ2) is 15.7. The van der Waals surface area contributed by atoms with Crippen molar-refractivity contribution in [2.24, 2.45) is 0 Å². The Labute approximate surface area is 72.9 Å². The molecule has 0 heterocycles. The Hall–Kier alpha value is 1.02. The van der Waals surface area contributed by atoms with Crippen LogP contribution in [-0.2, 0) is 17.1 Å². The SMILES string of the molecule is CN(C)CO.Cl.Cl.[Fe]. The van der Waals surface area contributed by atoms with Gasteiger partial charge in [0.05, 0.1) is 6.73 Å². The maximum absolute atomic E-state index is 8.07. The van der Waals surface area contributed by atoms with E-state index >= 15 is 0 Å². The minimum absolute atomic E-state index is 0. The Morgan fingerprint density at radius 3 is 1.38 bits per heavy atom. The van der Waals surface area contributed by atoms with Crippen molar-refractivity contribution in [3.63, 3.8) is 0 Å². The van der Waals surface area contributed by atoms with Gasteiger partial charge in [0.2, 0.25) is 0 Å². The van der Waals surface area contributed by atoms with Crippen molar-refractivity contribution >= 4 is 24.8 Å². The van der Waals surface area contributed by atoms with Crippen LogP contribution in [0.2, 0.25) is 0 Å². The molecule has 0 atom stereocenters. The fourth-order valence-corrected chi connectivity index (χ4v) is 0. The molecule has 0 aliphatic heterocycles. The van der Waals surface area contributed by atoms with Gasteiger partial charge < -0.3 is 5.11 Å². The molecule has 0 aromatic heterocycles. The van der Waals surface area contributed by atoms with E-state index in [0.717, 1.165) is 0 Å². The number of nitrogens with zero attached hydrogens (tertiary/aromatic N) is 1. The molecule has 1 N–H and O–H groups in total. The van der Waals surface area contributed by atoms with Crippen LogP contribution in [0.3, 0.4) is 0 Å². The summed E-state index contributed by atoms with van der Waals surface area (Å²) in [5.74, 6) is 0. The van der Waals surface area contributed by atoms with E-state index in [4.69, 9.17) is 5.11 Å². The molecular formula is C3H11Cl2FeNO. The van der Waals surface area contributed by atoms with Gasteiger partial charge >= 0.3 is 0 Å². The summed E-state index contributed by atoms with van der Waals surface area (Å²) in [6.07, 6.45) is 0. The number of hydrogen-bond donors (Lipinski definition) is 1. The van der Waals surface area contributed by atoms with E-state index in [2.05, 4.69) is 0 Å². The first-order valence-corrected chi connectivity index (χ1v) is 1.53. The molecule has 0 saturated heterocycles.